The molecule has 0 saturated carbocycles. The first kappa shape index (κ1) is 25.9. The third kappa shape index (κ3) is 9.07. The van der Waals surface area contributed by atoms with Crippen LogP contribution in [0.5, 0.6) is 0 Å². The third-order valence-corrected chi connectivity index (χ3v) is 3.95. The fourth-order valence-corrected chi connectivity index (χ4v) is 2.82. The second-order valence-corrected chi connectivity index (χ2v) is 9.21. The van der Waals surface area contributed by atoms with E-state index < -0.39 is 29.2 Å². The molecule has 1 unspecified atom stereocenters. The highest BCUT2D eigenvalue weighted by atomic mass is 16.6. The molecule has 1 aromatic rings. The maximum atomic E-state index is 13.2. The van der Waals surface area contributed by atoms with Crippen LogP contribution < -0.4 is 10.6 Å². The van der Waals surface area contributed by atoms with Crippen LogP contribution in [-0.4, -0.2) is 47.0 Å². The summed E-state index contributed by atoms with van der Waals surface area (Å²) in [6.07, 6.45) is 2.51. The number of benzene rings is 1. The van der Waals surface area contributed by atoms with Gasteiger partial charge in [-0.1, -0.05) is 36.9 Å². The van der Waals surface area contributed by atoms with Crippen LogP contribution in [0.2, 0.25) is 0 Å². The van der Waals surface area contributed by atoms with Gasteiger partial charge in [-0.2, -0.15) is 0 Å². The van der Waals surface area contributed by atoms with Gasteiger partial charge in [-0.15, -0.1) is 6.58 Å². The monoisotopic (exact) mass is 429 g/mol. The molecule has 0 aliphatic rings. The summed E-state index contributed by atoms with van der Waals surface area (Å²) in [5, 5.41) is 5.40. The molecule has 0 aliphatic carbocycles. The minimum Gasteiger partial charge on any atom is -0.444 e. The van der Waals surface area contributed by atoms with Crippen LogP contribution in [0.25, 0.3) is 6.08 Å². The quantitative estimate of drug-likeness (QED) is 0.615. The van der Waals surface area contributed by atoms with Gasteiger partial charge in [0.15, 0.2) is 0 Å². The lowest BCUT2D eigenvalue weighted by atomic mass is 9.99. The summed E-state index contributed by atoms with van der Waals surface area (Å²) in [4.78, 5) is 39.6. The SMILES string of the molecule is C=CCN(C(=O)CNC(=O)OC(C)(C)C)C(C(=O)NC(C)(C)C)c1cccc(C=C)c1. The minimum atomic E-state index is -0.912. The van der Waals surface area contributed by atoms with Crippen molar-refractivity contribution in [3.63, 3.8) is 0 Å². The predicted octanol–water partition coefficient (Wildman–Crippen LogP) is 3.82. The summed E-state index contributed by atoms with van der Waals surface area (Å²) in [5.74, 6) is -0.773. The largest absolute Gasteiger partial charge is 0.444 e. The lowest BCUT2D eigenvalue weighted by molar-refractivity contribution is -0.140. The Morgan fingerprint density at radius 2 is 1.77 bits per heavy atom. The summed E-state index contributed by atoms with van der Waals surface area (Å²) in [6, 6.07) is 6.35. The van der Waals surface area contributed by atoms with Crippen molar-refractivity contribution in [2.45, 2.75) is 58.7 Å². The average Bonchev–Trinajstić information content (AvgIpc) is 2.63. The van der Waals surface area contributed by atoms with Crippen molar-refractivity contribution in [1.82, 2.24) is 15.5 Å². The van der Waals surface area contributed by atoms with Crippen LogP contribution >= 0.6 is 0 Å². The zero-order chi connectivity index (χ0) is 23.8. The fourth-order valence-electron chi connectivity index (χ4n) is 2.82. The van der Waals surface area contributed by atoms with Crippen molar-refractivity contribution in [2.24, 2.45) is 0 Å². The minimum absolute atomic E-state index is 0.120. The Bertz CT molecular complexity index is 819. The topological polar surface area (TPSA) is 87.7 Å². The van der Waals surface area contributed by atoms with Gasteiger partial charge in [-0.05, 0) is 58.7 Å². The van der Waals surface area contributed by atoms with E-state index in [4.69, 9.17) is 4.74 Å². The van der Waals surface area contributed by atoms with E-state index in [1.165, 1.54) is 4.90 Å². The highest BCUT2D eigenvalue weighted by Crippen LogP contribution is 2.24. The molecule has 0 fully saturated rings. The van der Waals surface area contributed by atoms with Gasteiger partial charge in [-0.3, -0.25) is 9.59 Å². The van der Waals surface area contributed by atoms with E-state index in [2.05, 4.69) is 23.8 Å². The van der Waals surface area contributed by atoms with E-state index in [-0.39, 0.29) is 19.0 Å². The molecule has 7 heteroatoms. The van der Waals surface area contributed by atoms with Crippen LogP contribution in [0.3, 0.4) is 0 Å². The molecule has 170 valence electrons. The number of rotatable bonds is 8. The van der Waals surface area contributed by atoms with Crippen LogP contribution in [0.1, 0.15) is 58.7 Å². The highest BCUT2D eigenvalue weighted by Gasteiger charge is 2.33. The Hall–Kier alpha value is -3.09. The predicted molar refractivity (Wildman–Crippen MR) is 123 cm³/mol. The van der Waals surface area contributed by atoms with Gasteiger partial charge in [0.1, 0.15) is 18.2 Å². The second kappa shape index (κ2) is 10.8. The Kier molecular flexibility index (Phi) is 9.03. The molecule has 0 radical (unpaired) electrons. The number of hydrogen-bond donors (Lipinski definition) is 2. The van der Waals surface area contributed by atoms with Crippen LogP contribution in [0, 0.1) is 0 Å². The molecule has 0 aromatic heterocycles. The molecule has 7 nitrogen and oxygen atoms in total. The van der Waals surface area contributed by atoms with Crippen molar-refractivity contribution in [3.05, 3.63) is 54.6 Å². The fraction of sp³-hybridized carbons (Fsp3) is 0.458. The summed E-state index contributed by atoms with van der Waals surface area (Å²) < 4.78 is 5.19. The third-order valence-electron chi connectivity index (χ3n) is 3.95. The molecule has 2 N–H and O–H groups in total. The zero-order valence-corrected chi connectivity index (χ0v) is 19.5. The van der Waals surface area contributed by atoms with Gasteiger partial charge in [0.2, 0.25) is 11.8 Å². The van der Waals surface area contributed by atoms with Gasteiger partial charge in [-0.25, -0.2) is 4.79 Å². The van der Waals surface area contributed by atoms with Gasteiger partial charge < -0.3 is 20.3 Å². The normalized spacial score (nSPS) is 12.3. The van der Waals surface area contributed by atoms with E-state index in [0.717, 1.165) is 5.56 Å². The first-order valence-corrected chi connectivity index (χ1v) is 10.2. The molecule has 1 aromatic carbocycles. The average molecular weight is 430 g/mol. The van der Waals surface area contributed by atoms with Gasteiger partial charge in [0.05, 0.1) is 0 Å². The number of carbonyl (C=O) groups is 3. The standard InChI is InChI=1S/C24H35N3O4/c1-9-14-27(19(28)16-25-22(30)31-24(6,7)8)20(21(29)26-23(3,4)5)18-13-11-12-17(10-2)15-18/h9-13,15,20H,1-2,14,16H2,3-8H3,(H,25,30)(H,26,29). The number of ether oxygens (including phenoxy) is 1. The smallest absolute Gasteiger partial charge is 0.408 e. The van der Waals surface area contributed by atoms with E-state index in [1.807, 2.05) is 32.9 Å². The molecule has 31 heavy (non-hydrogen) atoms. The Morgan fingerprint density at radius 1 is 1.13 bits per heavy atom. The summed E-state index contributed by atoms with van der Waals surface area (Å²) in [7, 11) is 0. The van der Waals surface area contributed by atoms with Crippen LogP contribution in [0.15, 0.2) is 43.5 Å². The number of nitrogens with one attached hydrogen (secondary N) is 2. The van der Waals surface area contributed by atoms with Crippen LogP contribution in [0.4, 0.5) is 4.79 Å². The van der Waals surface area contributed by atoms with E-state index in [1.54, 1.807) is 45.1 Å². The van der Waals surface area contributed by atoms with Crippen molar-refractivity contribution < 1.29 is 19.1 Å². The van der Waals surface area contributed by atoms with E-state index >= 15 is 0 Å². The van der Waals surface area contributed by atoms with Crippen LogP contribution in [-0.2, 0) is 14.3 Å². The lowest BCUT2D eigenvalue weighted by Gasteiger charge is -2.33. The molecule has 0 heterocycles. The lowest BCUT2D eigenvalue weighted by Crippen LogP contribution is -2.51. The second-order valence-electron chi connectivity index (χ2n) is 9.21. The maximum absolute atomic E-state index is 13.2. The molecule has 0 saturated heterocycles. The first-order chi connectivity index (χ1) is 14.3. The van der Waals surface area contributed by atoms with Gasteiger partial charge in [0, 0.05) is 12.1 Å². The molecule has 0 aliphatic heterocycles. The summed E-state index contributed by atoms with van der Waals surface area (Å²) in [5.41, 5.74) is 0.271. The Morgan fingerprint density at radius 3 is 2.29 bits per heavy atom. The number of nitrogens with zero attached hydrogens (tertiary/aromatic N) is 1. The van der Waals surface area contributed by atoms with E-state index in [0.29, 0.717) is 5.56 Å². The maximum Gasteiger partial charge on any atom is 0.408 e. The Balaban J connectivity index is 3.23. The summed E-state index contributed by atoms with van der Waals surface area (Å²) in [6.45, 7) is 18.1. The molecular weight excluding hydrogens is 394 g/mol. The summed E-state index contributed by atoms with van der Waals surface area (Å²) >= 11 is 0. The molecular formula is C24H35N3O4. The first-order valence-electron chi connectivity index (χ1n) is 10.2. The van der Waals surface area contributed by atoms with Gasteiger partial charge in [0.25, 0.3) is 0 Å². The van der Waals surface area contributed by atoms with Crippen molar-refractivity contribution >= 4 is 24.0 Å². The molecule has 1 rings (SSSR count). The number of amides is 3. The molecule has 0 bridgehead atoms. The Labute approximate surface area is 185 Å². The number of hydrogen-bond acceptors (Lipinski definition) is 4. The van der Waals surface area contributed by atoms with Gasteiger partial charge >= 0.3 is 6.09 Å². The highest BCUT2D eigenvalue weighted by molar-refractivity contribution is 5.91. The van der Waals surface area contributed by atoms with E-state index in [9.17, 15) is 14.4 Å². The zero-order valence-electron chi connectivity index (χ0n) is 19.5. The molecule has 1 atom stereocenters. The van der Waals surface area contributed by atoms with Crippen molar-refractivity contribution in [1.29, 1.82) is 0 Å². The molecule has 0 spiro atoms. The number of carbonyl (C=O) groups excluding carboxylic acids is 3. The van der Waals surface area contributed by atoms with Crippen molar-refractivity contribution in [3.8, 4) is 0 Å². The molecule has 3 amide bonds. The number of alkyl carbamates (subject to hydrolysis) is 1. The van der Waals surface area contributed by atoms with Crippen molar-refractivity contribution in [2.75, 3.05) is 13.1 Å².